The van der Waals surface area contributed by atoms with Gasteiger partial charge in [0.05, 0.1) is 10.5 Å². The molecule has 1 aromatic heterocycles. The SMILES string of the molecule is Cc1[nH]c2c(Cl)cccc2c1CNC1CC1. The zero-order chi connectivity index (χ0) is 11.1. The van der Waals surface area contributed by atoms with Gasteiger partial charge in [0.1, 0.15) is 0 Å². The third-order valence-electron chi connectivity index (χ3n) is 3.25. The second kappa shape index (κ2) is 3.79. The standard InChI is InChI=1S/C13H15ClN2/c1-8-11(7-15-9-5-6-9)10-3-2-4-12(14)13(10)16-8/h2-4,9,15-16H,5-7H2,1H3. The highest BCUT2D eigenvalue weighted by atomic mass is 35.5. The van der Waals surface area contributed by atoms with E-state index in [2.05, 4.69) is 23.3 Å². The maximum atomic E-state index is 6.17. The van der Waals surface area contributed by atoms with Gasteiger partial charge in [-0.1, -0.05) is 23.7 Å². The van der Waals surface area contributed by atoms with Gasteiger partial charge in [-0.2, -0.15) is 0 Å². The fourth-order valence-corrected chi connectivity index (χ4v) is 2.35. The van der Waals surface area contributed by atoms with Crippen molar-refractivity contribution >= 4 is 22.5 Å². The number of hydrogen-bond donors (Lipinski definition) is 2. The van der Waals surface area contributed by atoms with Gasteiger partial charge < -0.3 is 10.3 Å². The van der Waals surface area contributed by atoms with Crippen LogP contribution < -0.4 is 5.32 Å². The van der Waals surface area contributed by atoms with Crippen LogP contribution in [0.5, 0.6) is 0 Å². The molecule has 84 valence electrons. The van der Waals surface area contributed by atoms with Crippen molar-refractivity contribution in [1.29, 1.82) is 0 Å². The van der Waals surface area contributed by atoms with Crippen LogP contribution in [0, 0.1) is 6.92 Å². The van der Waals surface area contributed by atoms with Crippen molar-refractivity contribution in [3.8, 4) is 0 Å². The Morgan fingerprint density at radius 3 is 3.00 bits per heavy atom. The van der Waals surface area contributed by atoms with E-state index in [4.69, 9.17) is 11.6 Å². The van der Waals surface area contributed by atoms with Gasteiger partial charge in [-0.3, -0.25) is 0 Å². The monoisotopic (exact) mass is 234 g/mol. The normalized spacial score (nSPS) is 15.9. The number of para-hydroxylation sites is 1. The molecule has 0 spiro atoms. The van der Waals surface area contributed by atoms with E-state index in [1.807, 2.05) is 12.1 Å². The van der Waals surface area contributed by atoms with E-state index in [1.54, 1.807) is 0 Å². The van der Waals surface area contributed by atoms with Crippen molar-refractivity contribution < 1.29 is 0 Å². The Balaban J connectivity index is 2.00. The zero-order valence-corrected chi connectivity index (χ0v) is 10.1. The molecule has 1 aromatic carbocycles. The summed E-state index contributed by atoms with van der Waals surface area (Å²) in [6, 6.07) is 6.81. The molecule has 1 saturated carbocycles. The van der Waals surface area contributed by atoms with Gasteiger partial charge in [0.2, 0.25) is 0 Å². The largest absolute Gasteiger partial charge is 0.357 e. The van der Waals surface area contributed by atoms with E-state index in [-0.39, 0.29) is 0 Å². The van der Waals surface area contributed by atoms with E-state index in [9.17, 15) is 0 Å². The summed E-state index contributed by atoms with van der Waals surface area (Å²) in [5.41, 5.74) is 3.63. The lowest BCUT2D eigenvalue weighted by atomic mass is 10.1. The first-order valence-corrected chi connectivity index (χ1v) is 6.12. The third kappa shape index (κ3) is 1.72. The number of rotatable bonds is 3. The van der Waals surface area contributed by atoms with Crippen LogP contribution in [0.2, 0.25) is 5.02 Å². The lowest BCUT2D eigenvalue weighted by Crippen LogP contribution is -2.15. The summed E-state index contributed by atoms with van der Waals surface area (Å²) in [5, 5.41) is 5.60. The summed E-state index contributed by atoms with van der Waals surface area (Å²) in [7, 11) is 0. The van der Waals surface area contributed by atoms with Crippen molar-refractivity contribution in [3.05, 3.63) is 34.5 Å². The highest BCUT2D eigenvalue weighted by molar-refractivity contribution is 6.35. The van der Waals surface area contributed by atoms with E-state index in [0.717, 1.165) is 23.1 Å². The van der Waals surface area contributed by atoms with Gasteiger partial charge >= 0.3 is 0 Å². The molecule has 0 aliphatic heterocycles. The molecular formula is C13H15ClN2. The Morgan fingerprint density at radius 2 is 2.25 bits per heavy atom. The molecule has 0 amide bonds. The number of H-pyrrole nitrogens is 1. The molecule has 0 bridgehead atoms. The molecular weight excluding hydrogens is 220 g/mol. The number of halogens is 1. The minimum atomic E-state index is 0.739. The second-order valence-electron chi connectivity index (χ2n) is 4.55. The highest BCUT2D eigenvalue weighted by Gasteiger charge is 2.21. The van der Waals surface area contributed by atoms with Crippen molar-refractivity contribution in [1.82, 2.24) is 10.3 Å². The number of nitrogens with one attached hydrogen (secondary N) is 2. The Bertz CT molecular complexity index is 526. The number of hydrogen-bond acceptors (Lipinski definition) is 1. The summed E-state index contributed by atoms with van der Waals surface area (Å²) in [6.07, 6.45) is 2.64. The number of benzene rings is 1. The molecule has 2 nitrogen and oxygen atoms in total. The lowest BCUT2D eigenvalue weighted by molar-refractivity contribution is 0.688. The second-order valence-corrected chi connectivity index (χ2v) is 4.95. The van der Waals surface area contributed by atoms with Crippen LogP contribution in [-0.4, -0.2) is 11.0 Å². The summed E-state index contributed by atoms with van der Waals surface area (Å²) < 4.78 is 0. The number of aryl methyl sites for hydroxylation is 1. The first-order chi connectivity index (χ1) is 7.75. The molecule has 1 heterocycles. The maximum Gasteiger partial charge on any atom is 0.0648 e. The fraction of sp³-hybridized carbons (Fsp3) is 0.385. The van der Waals surface area contributed by atoms with Crippen molar-refractivity contribution in [3.63, 3.8) is 0 Å². The fourth-order valence-electron chi connectivity index (χ4n) is 2.13. The Morgan fingerprint density at radius 1 is 1.44 bits per heavy atom. The smallest absolute Gasteiger partial charge is 0.0648 e. The molecule has 1 aliphatic rings. The van der Waals surface area contributed by atoms with Crippen molar-refractivity contribution in [2.45, 2.75) is 32.4 Å². The average Bonchev–Trinajstić information content (AvgIpc) is 3.02. The molecule has 0 saturated heterocycles. The molecule has 2 N–H and O–H groups in total. The van der Waals surface area contributed by atoms with Crippen LogP contribution >= 0.6 is 11.6 Å². The Labute approximate surface area is 100.0 Å². The summed E-state index contributed by atoms with van der Waals surface area (Å²) >= 11 is 6.17. The van der Waals surface area contributed by atoms with Gasteiger partial charge in [0, 0.05) is 23.7 Å². The highest BCUT2D eigenvalue weighted by Crippen LogP contribution is 2.28. The molecule has 1 aliphatic carbocycles. The van der Waals surface area contributed by atoms with Crippen LogP contribution in [0.15, 0.2) is 18.2 Å². The number of aromatic amines is 1. The van der Waals surface area contributed by atoms with Crippen LogP contribution in [0.1, 0.15) is 24.1 Å². The van der Waals surface area contributed by atoms with Gasteiger partial charge in [-0.25, -0.2) is 0 Å². The van der Waals surface area contributed by atoms with E-state index < -0.39 is 0 Å². The van der Waals surface area contributed by atoms with E-state index >= 15 is 0 Å². The first-order valence-electron chi connectivity index (χ1n) is 5.75. The number of fused-ring (bicyclic) bond motifs is 1. The Kier molecular flexibility index (Phi) is 2.41. The summed E-state index contributed by atoms with van der Waals surface area (Å²) in [5.74, 6) is 0. The van der Waals surface area contributed by atoms with Gasteiger partial charge in [0.25, 0.3) is 0 Å². The Hall–Kier alpha value is -0.990. The van der Waals surface area contributed by atoms with Crippen molar-refractivity contribution in [2.75, 3.05) is 0 Å². The minimum absolute atomic E-state index is 0.739. The van der Waals surface area contributed by atoms with E-state index in [0.29, 0.717) is 0 Å². The first kappa shape index (κ1) is 10.2. The quantitative estimate of drug-likeness (QED) is 0.837. The zero-order valence-electron chi connectivity index (χ0n) is 9.31. The molecule has 3 rings (SSSR count). The van der Waals surface area contributed by atoms with Crippen LogP contribution in [0.4, 0.5) is 0 Å². The van der Waals surface area contributed by atoms with Crippen LogP contribution in [0.25, 0.3) is 10.9 Å². The molecule has 0 unspecified atom stereocenters. The molecule has 1 fully saturated rings. The summed E-state index contributed by atoms with van der Waals surface area (Å²) in [4.78, 5) is 3.37. The average molecular weight is 235 g/mol. The van der Waals surface area contributed by atoms with Crippen LogP contribution in [0.3, 0.4) is 0 Å². The predicted molar refractivity (Wildman–Crippen MR) is 67.9 cm³/mol. The summed E-state index contributed by atoms with van der Waals surface area (Å²) in [6.45, 7) is 3.05. The molecule has 2 aromatic rings. The predicted octanol–water partition coefficient (Wildman–Crippen LogP) is 3.38. The molecule has 3 heteroatoms. The molecule has 0 atom stereocenters. The molecule has 0 radical (unpaired) electrons. The van der Waals surface area contributed by atoms with Gasteiger partial charge in [-0.05, 0) is 31.4 Å². The van der Waals surface area contributed by atoms with Gasteiger partial charge in [0.15, 0.2) is 0 Å². The van der Waals surface area contributed by atoms with Crippen molar-refractivity contribution in [2.24, 2.45) is 0 Å². The number of aromatic nitrogens is 1. The lowest BCUT2D eigenvalue weighted by Gasteiger charge is -2.03. The topological polar surface area (TPSA) is 27.8 Å². The van der Waals surface area contributed by atoms with E-state index in [1.165, 1.54) is 29.5 Å². The van der Waals surface area contributed by atoms with Gasteiger partial charge in [-0.15, -0.1) is 0 Å². The molecule has 16 heavy (non-hydrogen) atoms. The van der Waals surface area contributed by atoms with Crippen LogP contribution in [-0.2, 0) is 6.54 Å². The third-order valence-corrected chi connectivity index (χ3v) is 3.56. The minimum Gasteiger partial charge on any atom is -0.357 e. The maximum absolute atomic E-state index is 6.17.